The predicted octanol–water partition coefficient (Wildman–Crippen LogP) is 0.683. The molecule has 0 aliphatic heterocycles. The van der Waals surface area contributed by atoms with Gasteiger partial charge in [-0.1, -0.05) is 0 Å². The third kappa shape index (κ3) is 7.51. The van der Waals surface area contributed by atoms with E-state index in [0.29, 0.717) is 0 Å². The number of carbonyl (C=O) groups is 2. The summed E-state index contributed by atoms with van der Waals surface area (Å²) in [5, 5.41) is 20.2. The van der Waals surface area contributed by atoms with Crippen molar-refractivity contribution in [1.29, 1.82) is 5.26 Å². The van der Waals surface area contributed by atoms with Crippen LogP contribution in [0.5, 0.6) is 0 Å². The topological polar surface area (TPSA) is 134 Å². The number of carboxylic acid groups (broad SMARTS) is 1. The molecule has 0 radical (unpaired) electrons. The number of amides is 1. The van der Waals surface area contributed by atoms with Crippen LogP contribution in [0.25, 0.3) is 0 Å². The lowest BCUT2D eigenvalue weighted by molar-refractivity contribution is -0.144. The van der Waals surface area contributed by atoms with Gasteiger partial charge in [-0.2, -0.15) is 5.26 Å². The fourth-order valence-corrected chi connectivity index (χ4v) is 2.14. The molecule has 0 saturated heterocycles. The van der Waals surface area contributed by atoms with Crippen molar-refractivity contribution in [2.24, 2.45) is 0 Å². The number of ether oxygens (including phenoxy) is 1. The largest absolute Gasteiger partial charge is 0.479 e. The molecular weight excluding hydrogens is 300 g/mol. The van der Waals surface area contributed by atoms with Crippen LogP contribution in [0, 0.1) is 11.3 Å². The molecule has 120 valence electrons. The average Bonchev–Trinajstić information content (AvgIpc) is 2.22. The summed E-state index contributed by atoms with van der Waals surface area (Å²) in [4.78, 5) is 23.1. The molecule has 0 unspecified atom stereocenters. The molecule has 8 nitrogen and oxygen atoms in total. The van der Waals surface area contributed by atoms with E-state index in [1.54, 1.807) is 26.8 Å². The Morgan fingerprint density at radius 1 is 1.33 bits per heavy atom. The Labute approximate surface area is 124 Å². The summed E-state index contributed by atoms with van der Waals surface area (Å²) < 4.78 is 27.3. The molecule has 0 rings (SSSR count). The Morgan fingerprint density at radius 2 is 1.86 bits per heavy atom. The van der Waals surface area contributed by atoms with Gasteiger partial charge in [-0.05, 0) is 27.2 Å². The van der Waals surface area contributed by atoms with Crippen LogP contribution in [0.3, 0.4) is 0 Å². The lowest BCUT2D eigenvalue weighted by Crippen LogP contribution is -2.56. The van der Waals surface area contributed by atoms with Crippen LogP contribution in [0.15, 0.2) is 0 Å². The van der Waals surface area contributed by atoms with Crippen LogP contribution < -0.4 is 5.32 Å². The van der Waals surface area contributed by atoms with Gasteiger partial charge >= 0.3 is 12.1 Å². The Balaban J connectivity index is 5.26. The first kappa shape index (κ1) is 19.2. The van der Waals surface area contributed by atoms with Crippen molar-refractivity contribution in [3.63, 3.8) is 0 Å². The highest BCUT2D eigenvalue weighted by atomic mass is 32.2. The smallest absolute Gasteiger partial charge is 0.408 e. The van der Waals surface area contributed by atoms with Crippen molar-refractivity contribution < 1.29 is 27.9 Å². The first-order chi connectivity index (χ1) is 9.31. The molecule has 0 aliphatic rings. The predicted molar refractivity (Wildman–Crippen MR) is 74.3 cm³/mol. The van der Waals surface area contributed by atoms with Crippen LogP contribution in [0.4, 0.5) is 4.79 Å². The van der Waals surface area contributed by atoms with Crippen LogP contribution in [0.1, 0.15) is 33.6 Å². The highest BCUT2D eigenvalue weighted by Crippen LogP contribution is 2.18. The van der Waals surface area contributed by atoms with Crippen LogP contribution >= 0.6 is 0 Å². The van der Waals surface area contributed by atoms with Crippen LogP contribution in [-0.4, -0.2) is 48.7 Å². The summed E-state index contributed by atoms with van der Waals surface area (Å²) >= 11 is 0. The van der Waals surface area contributed by atoms with Gasteiger partial charge in [0.25, 0.3) is 0 Å². The standard InChI is InChI=1S/C12H20N2O6S/c1-11(2,3)20-10(17)14-12(5-7-13,9(15)16)6-8-21(4,18)19/h5-6,8H2,1-4H3,(H,14,17)(H,15,16)/t12-/m0/s1. The van der Waals surface area contributed by atoms with E-state index in [2.05, 4.69) is 5.32 Å². The minimum atomic E-state index is -3.44. The maximum atomic E-state index is 11.7. The van der Waals surface area contributed by atoms with Crippen LogP contribution in [0.2, 0.25) is 0 Å². The molecule has 21 heavy (non-hydrogen) atoms. The highest BCUT2D eigenvalue weighted by molar-refractivity contribution is 7.90. The zero-order valence-corrected chi connectivity index (χ0v) is 13.3. The van der Waals surface area contributed by atoms with Gasteiger partial charge in [-0.25, -0.2) is 18.0 Å². The Hall–Kier alpha value is -1.82. The van der Waals surface area contributed by atoms with Gasteiger partial charge < -0.3 is 15.2 Å². The van der Waals surface area contributed by atoms with E-state index < -0.39 is 51.6 Å². The van der Waals surface area contributed by atoms with E-state index in [-0.39, 0.29) is 0 Å². The number of nitriles is 1. The molecule has 0 bridgehead atoms. The molecule has 0 fully saturated rings. The number of carbonyl (C=O) groups excluding carboxylic acids is 1. The van der Waals surface area contributed by atoms with Gasteiger partial charge in [-0.3, -0.25) is 0 Å². The van der Waals surface area contributed by atoms with Crippen LogP contribution in [-0.2, 0) is 19.4 Å². The number of aliphatic carboxylic acids is 1. The summed E-state index contributed by atoms with van der Waals surface area (Å²) in [6, 6.07) is 1.65. The second-order valence-electron chi connectivity index (χ2n) is 5.73. The van der Waals surface area contributed by atoms with Gasteiger partial charge in [0.1, 0.15) is 15.4 Å². The zero-order chi connectivity index (χ0) is 16.9. The second kappa shape index (κ2) is 6.76. The zero-order valence-electron chi connectivity index (χ0n) is 12.5. The summed E-state index contributed by atoms with van der Waals surface area (Å²) in [6.07, 6.45) is -1.07. The Morgan fingerprint density at radius 3 is 2.19 bits per heavy atom. The van der Waals surface area contributed by atoms with Crippen molar-refractivity contribution in [2.45, 2.75) is 44.8 Å². The van der Waals surface area contributed by atoms with E-state index in [4.69, 9.17) is 10.00 Å². The van der Waals surface area contributed by atoms with Crippen molar-refractivity contribution in [2.75, 3.05) is 12.0 Å². The van der Waals surface area contributed by atoms with E-state index in [0.717, 1.165) is 6.26 Å². The van der Waals surface area contributed by atoms with Gasteiger partial charge in [0.05, 0.1) is 18.2 Å². The SMILES string of the molecule is CC(C)(C)OC(=O)N[C@@](CC#N)(CCS(C)(=O)=O)C(=O)O. The van der Waals surface area contributed by atoms with E-state index in [1.165, 1.54) is 0 Å². The Kier molecular flexibility index (Phi) is 6.17. The van der Waals surface area contributed by atoms with Gasteiger partial charge in [-0.15, -0.1) is 0 Å². The highest BCUT2D eigenvalue weighted by Gasteiger charge is 2.41. The van der Waals surface area contributed by atoms with E-state index in [1.807, 2.05) is 0 Å². The molecule has 0 aromatic heterocycles. The first-order valence-corrected chi connectivity index (χ1v) is 8.17. The van der Waals surface area contributed by atoms with Crippen molar-refractivity contribution in [3.8, 4) is 6.07 Å². The van der Waals surface area contributed by atoms with Gasteiger partial charge in [0, 0.05) is 6.26 Å². The van der Waals surface area contributed by atoms with E-state index in [9.17, 15) is 23.1 Å². The number of alkyl carbamates (subject to hydrolysis) is 1. The number of nitrogens with zero attached hydrogens (tertiary/aromatic N) is 1. The molecule has 0 saturated carbocycles. The summed E-state index contributed by atoms with van der Waals surface area (Å²) in [5.74, 6) is -1.96. The maximum absolute atomic E-state index is 11.7. The normalized spacial score (nSPS) is 14.6. The monoisotopic (exact) mass is 320 g/mol. The number of nitrogens with one attached hydrogen (secondary N) is 1. The third-order valence-corrected chi connectivity index (χ3v) is 3.38. The molecule has 0 aromatic rings. The lowest BCUT2D eigenvalue weighted by atomic mass is 9.93. The van der Waals surface area contributed by atoms with Gasteiger partial charge in [0.15, 0.2) is 5.54 Å². The molecule has 0 heterocycles. The number of carboxylic acids is 1. The van der Waals surface area contributed by atoms with Gasteiger partial charge in [0.2, 0.25) is 0 Å². The number of rotatable bonds is 6. The second-order valence-corrected chi connectivity index (χ2v) is 7.99. The minimum Gasteiger partial charge on any atom is -0.479 e. The lowest BCUT2D eigenvalue weighted by Gasteiger charge is -2.29. The van der Waals surface area contributed by atoms with Crippen molar-refractivity contribution in [3.05, 3.63) is 0 Å². The Bertz CT molecular complexity index is 543. The molecule has 9 heteroatoms. The number of hydrogen-bond donors (Lipinski definition) is 2. The molecule has 0 aromatic carbocycles. The first-order valence-electron chi connectivity index (χ1n) is 6.10. The summed E-state index contributed by atoms with van der Waals surface area (Å²) in [7, 11) is -3.44. The quantitative estimate of drug-likeness (QED) is 0.735. The van der Waals surface area contributed by atoms with Crippen molar-refractivity contribution in [1.82, 2.24) is 5.32 Å². The molecule has 1 amide bonds. The van der Waals surface area contributed by atoms with E-state index >= 15 is 0 Å². The molecule has 0 aliphatic carbocycles. The minimum absolute atomic E-state index is 0.423. The summed E-state index contributed by atoms with van der Waals surface area (Å²) in [5.41, 5.74) is -2.85. The fraction of sp³-hybridized carbons (Fsp3) is 0.750. The average molecular weight is 320 g/mol. The molecular formula is C12H20N2O6S. The fourth-order valence-electron chi connectivity index (χ4n) is 1.42. The number of hydrogen-bond acceptors (Lipinski definition) is 6. The third-order valence-electron chi connectivity index (χ3n) is 2.43. The molecule has 2 N–H and O–H groups in total. The molecule has 1 atom stereocenters. The maximum Gasteiger partial charge on any atom is 0.408 e. The number of sulfone groups is 1. The molecule has 0 spiro atoms. The van der Waals surface area contributed by atoms with Crippen molar-refractivity contribution >= 4 is 21.9 Å². The summed E-state index contributed by atoms with van der Waals surface area (Å²) in [6.45, 7) is 4.78.